The molecule has 1 amide bonds. The van der Waals surface area contributed by atoms with Crippen LogP contribution < -0.4 is 5.32 Å². The number of rotatable bonds is 4. The molecule has 0 aliphatic carbocycles. The number of aryl methyl sites for hydroxylation is 1. The van der Waals surface area contributed by atoms with Crippen LogP contribution in [0.4, 0.5) is 4.39 Å². The zero-order valence-electron chi connectivity index (χ0n) is 13.3. The van der Waals surface area contributed by atoms with Gasteiger partial charge in [-0.1, -0.05) is 47.5 Å². The summed E-state index contributed by atoms with van der Waals surface area (Å²) in [5.41, 5.74) is 1.79. The number of hydrogen-bond donors (Lipinski definition) is 1. The molecule has 6 heteroatoms. The second-order valence-corrected chi connectivity index (χ2v) is 6.54. The van der Waals surface area contributed by atoms with Gasteiger partial charge in [-0.2, -0.15) is 0 Å². The van der Waals surface area contributed by atoms with E-state index in [1.54, 1.807) is 54.2 Å². The van der Waals surface area contributed by atoms with E-state index < -0.39 is 6.04 Å². The number of nitrogens with zero attached hydrogens (tertiary/aromatic N) is 1. The normalized spacial score (nSPS) is 12.0. The molecule has 0 aliphatic heterocycles. The average molecular weight is 377 g/mol. The topological polar surface area (TPSA) is 34.0 Å². The molecular weight excluding hydrogens is 362 g/mol. The Balaban J connectivity index is 1.99. The first kappa shape index (κ1) is 17.5. The van der Waals surface area contributed by atoms with Crippen LogP contribution >= 0.6 is 23.2 Å². The molecule has 128 valence electrons. The number of halogens is 3. The van der Waals surface area contributed by atoms with Crippen molar-refractivity contribution in [1.29, 1.82) is 0 Å². The fourth-order valence-electron chi connectivity index (χ4n) is 2.69. The predicted octanol–water partition coefficient (Wildman–Crippen LogP) is 4.99. The number of amides is 1. The van der Waals surface area contributed by atoms with Crippen LogP contribution in [-0.4, -0.2) is 10.5 Å². The van der Waals surface area contributed by atoms with Crippen molar-refractivity contribution in [1.82, 2.24) is 9.88 Å². The third-order valence-electron chi connectivity index (χ3n) is 3.84. The summed E-state index contributed by atoms with van der Waals surface area (Å²) in [4.78, 5) is 12.7. The molecular formula is C19H15Cl2FN2O. The molecule has 0 radical (unpaired) electrons. The van der Waals surface area contributed by atoms with Gasteiger partial charge in [0.2, 0.25) is 0 Å². The largest absolute Gasteiger partial charge is 0.345 e. The number of carbonyl (C=O) groups excluding carboxylic acids is 1. The highest BCUT2D eigenvalue weighted by Crippen LogP contribution is 2.26. The summed E-state index contributed by atoms with van der Waals surface area (Å²) in [5.74, 6) is -0.690. The fourth-order valence-corrected chi connectivity index (χ4v) is 3.13. The van der Waals surface area contributed by atoms with Crippen LogP contribution in [0.25, 0.3) is 0 Å². The lowest BCUT2D eigenvalue weighted by molar-refractivity contribution is 0.0934. The second-order valence-electron chi connectivity index (χ2n) is 5.67. The molecule has 0 spiro atoms. The number of hydrogen-bond acceptors (Lipinski definition) is 1. The van der Waals surface area contributed by atoms with Crippen LogP contribution in [0.3, 0.4) is 0 Å². The van der Waals surface area contributed by atoms with E-state index in [1.165, 1.54) is 12.1 Å². The maximum absolute atomic E-state index is 13.7. The van der Waals surface area contributed by atoms with Gasteiger partial charge in [0.25, 0.3) is 5.91 Å². The number of aromatic nitrogens is 1. The molecule has 1 unspecified atom stereocenters. The van der Waals surface area contributed by atoms with Crippen molar-refractivity contribution in [3.8, 4) is 0 Å². The molecule has 1 aromatic heterocycles. The van der Waals surface area contributed by atoms with E-state index >= 15 is 0 Å². The molecule has 0 aliphatic rings. The number of benzene rings is 2. The van der Waals surface area contributed by atoms with Crippen LogP contribution in [0.2, 0.25) is 10.0 Å². The SMILES string of the molecule is Cn1cc(Cl)cc1C(=O)NC(c1cccc(F)c1)c1cccc(Cl)c1. The van der Waals surface area contributed by atoms with Crippen molar-refractivity contribution < 1.29 is 9.18 Å². The Morgan fingerprint density at radius 3 is 2.32 bits per heavy atom. The third kappa shape index (κ3) is 4.03. The number of carbonyl (C=O) groups is 1. The molecule has 0 saturated carbocycles. The van der Waals surface area contributed by atoms with Gasteiger partial charge < -0.3 is 9.88 Å². The lowest BCUT2D eigenvalue weighted by Gasteiger charge is -2.20. The van der Waals surface area contributed by atoms with E-state index in [1.807, 2.05) is 6.07 Å². The Morgan fingerprint density at radius 1 is 1.04 bits per heavy atom. The molecule has 25 heavy (non-hydrogen) atoms. The van der Waals surface area contributed by atoms with Crippen molar-refractivity contribution in [2.75, 3.05) is 0 Å². The Bertz CT molecular complexity index is 878. The minimum atomic E-state index is -0.546. The lowest BCUT2D eigenvalue weighted by atomic mass is 9.98. The average Bonchev–Trinajstić information content (AvgIpc) is 2.91. The molecule has 1 atom stereocenters. The standard InChI is InChI=1S/C19H15Cl2FN2O/c1-24-11-15(21)10-17(24)19(25)23-18(12-4-2-6-14(20)8-12)13-5-3-7-16(22)9-13/h2-11,18H,1H3,(H,23,25). The molecule has 3 aromatic rings. The van der Waals surface area contributed by atoms with Crippen LogP contribution in [-0.2, 0) is 7.05 Å². The zero-order chi connectivity index (χ0) is 18.0. The Kier molecular flexibility index (Phi) is 5.11. The summed E-state index contributed by atoms with van der Waals surface area (Å²) in [7, 11) is 1.73. The summed E-state index contributed by atoms with van der Waals surface area (Å²) in [6.07, 6.45) is 1.65. The Labute approximate surface area is 155 Å². The first-order valence-electron chi connectivity index (χ1n) is 7.57. The van der Waals surface area contributed by atoms with Crippen molar-refractivity contribution in [3.63, 3.8) is 0 Å². The molecule has 0 bridgehead atoms. The van der Waals surface area contributed by atoms with Crippen molar-refractivity contribution in [3.05, 3.63) is 93.5 Å². The van der Waals surface area contributed by atoms with Gasteiger partial charge >= 0.3 is 0 Å². The van der Waals surface area contributed by atoms with Gasteiger partial charge in [-0.15, -0.1) is 0 Å². The van der Waals surface area contributed by atoms with E-state index in [2.05, 4.69) is 5.32 Å². The number of nitrogens with one attached hydrogen (secondary N) is 1. The van der Waals surface area contributed by atoms with Crippen LogP contribution in [0.5, 0.6) is 0 Å². The maximum Gasteiger partial charge on any atom is 0.268 e. The summed E-state index contributed by atoms with van der Waals surface area (Å²) in [6.45, 7) is 0. The summed E-state index contributed by atoms with van der Waals surface area (Å²) < 4.78 is 15.3. The van der Waals surface area contributed by atoms with Gasteiger partial charge in [0.15, 0.2) is 0 Å². The first-order chi connectivity index (χ1) is 11.9. The summed E-state index contributed by atoms with van der Waals surface area (Å²) in [5, 5.41) is 3.94. The van der Waals surface area contributed by atoms with E-state index in [0.717, 1.165) is 5.56 Å². The van der Waals surface area contributed by atoms with Crippen molar-refractivity contribution >= 4 is 29.1 Å². The molecule has 0 fully saturated rings. The van der Waals surface area contributed by atoms with Crippen molar-refractivity contribution in [2.45, 2.75) is 6.04 Å². The van der Waals surface area contributed by atoms with Crippen LogP contribution in [0.15, 0.2) is 60.8 Å². The van der Waals surface area contributed by atoms with E-state index in [9.17, 15) is 9.18 Å². The quantitative estimate of drug-likeness (QED) is 0.683. The van der Waals surface area contributed by atoms with E-state index in [-0.39, 0.29) is 11.7 Å². The van der Waals surface area contributed by atoms with E-state index in [0.29, 0.717) is 21.3 Å². The zero-order valence-corrected chi connectivity index (χ0v) is 14.9. The van der Waals surface area contributed by atoms with Gasteiger partial charge in [-0.05, 0) is 41.5 Å². The highest BCUT2D eigenvalue weighted by molar-refractivity contribution is 6.31. The smallest absolute Gasteiger partial charge is 0.268 e. The monoisotopic (exact) mass is 376 g/mol. The molecule has 1 N–H and O–H groups in total. The molecule has 0 saturated heterocycles. The second kappa shape index (κ2) is 7.30. The van der Waals surface area contributed by atoms with Gasteiger partial charge in [-0.25, -0.2) is 4.39 Å². The van der Waals surface area contributed by atoms with Crippen LogP contribution in [0, 0.1) is 5.82 Å². The van der Waals surface area contributed by atoms with Crippen molar-refractivity contribution in [2.24, 2.45) is 7.05 Å². The minimum Gasteiger partial charge on any atom is -0.345 e. The predicted molar refractivity (Wildman–Crippen MR) is 97.6 cm³/mol. The van der Waals surface area contributed by atoms with Crippen LogP contribution in [0.1, 0.15) is 27.7 Å². The Hall–Kier alpha value is -2.30. The Morgan fingerprint density at radius 2 is 1.72 bits per heavy atom. The van der Waals surface area contributed by atoms with Gasteiger partial charge in [0.05, 0.1) is 11.1 Å². The summed E-state index contributed by atoms with van der Waals surface area (Å²) in [6, 6.07) is 14.3. The third-order valence-corrected chi connectivity index (χ3v) is 4.29. The minimum absolute atomic E-state index is 0.316. The molecule has 2 aromatic carbocycles. The van der Waals surface area contributed by atoms with E-state index in [4.69, 9.17) is 23.2 Å². The summed E-state index contributed by atoms with van der Waals surface area (Å²) >= 11 is 12.0. The van der Waals surface area contributed by atoms with Gasteiger partial charge in [-0.3, -0.25) is 4.79 Å². The highest BCUT2D eigenvalue weighted by Gasteiger charge is 2.20. The lowest BCUT2D eigenvalue weighted by Crippen LogP contribution is -2.30. The first-order valence-corrected chi connectivity index (χ1v) is 8.33. The molecule has 1 heterocycles. The van der Waals surface area contributed by atoms with Gasteiger partial charge in [0.1, 0.15) is 11.5 Å². The van der Waals surface area contributed by atoms with Gasteiger partial charge in [0, 0.05) is 18.3 Å². The maximum atomic E-state index is 13.7. The fraction of sp³-hybridized carbons (Fsp3) is 0.105. The highest BCUT2D eigenvalue weighted by atomic mass is 35.5. The molecule has 3 nitrogen and oxygen atoms in total. The molecule has 3 rings (SSSR count).